The summed E-state index contributed by atoms with van der Waals surface area (Å²) in [6.45, 7) is 8.88. The molecule has 1 heterocycles. The molecule has 3 nitrogen and oxygen atoms in total. The molecule has 0 amide bonds. The lowest BCUT2D eigenvalue weighted by Crippen LogP contribution is -2.43. The summed E-state index contributed by atoms with van der Waals surface area (Å²) >= 11 is 0. The fourth-order valence-corrected chi connectivity index (χ4v) is 2.55. The second kappa shape index (κ2) is 7.34. The third kappa shape index (κ3) is 5.36. The average Bonchev–Trinajstić information content (AvgIpc) is 3.18. The minimum atomic E-state index is 0.791. The molecule has 1 aliphatic carbocycles. The van der Waals surface area contributed by atoms with Gasteiger partial charge in [-0.25, -0.2) is 0 Å². The molecule has 0 aromatic carbocycles. The van der Waals surface area contributed by atoms with Crippen molar-refractivity contribution in [2.24, 2.45) is 5.92 Å². The molecule has 0 spiro atoms. The first-order valence-corrected chi connectivity index (χ1v) is 7.42. The van der Waals surface area contributed by atoms with Gasteiger partial charge in [-0.2, -0.15) is 0 Å². The number of likely N-dealkylation sites (tertiary alicyclic amines) is 1. The zero-order valence-corrected chi connectivity index (χ0v) is 11.3. The van der Waals surface area contributed by atoms with E-state index in [0.29, 0.717) is 0 Å². The van der Waals surface area contributed by atoms with Gasteiger partial charge in [-0.15, -0.1) is 0 Å². The van der Waals surface area contributed by atoms with Crippen LogP contribution in [0.1, 0.15) is 39.0 Å². The Bertz CT molecular complexity index is 198. The summed E-state index contributed by atoms with van der Waals surface area (Å²) in [7, 11) is 0. The first-order chi connectivity index (χ1) is 8.38. The maximum Gasteiger partial charge on any atom is 0.0478 e. The summed E-state index contributed by atoms with van der Waals surface area (Å²) in [4.78, 5) is 2.59. The van der Waals surface area contributed by atoms with E-state index in [1.54, 1.807) is 0 Å². The average molecular weight is 240 g/mol. The lowest BCUT2D eigenvalue weighted by atomic mass is 10.0. The highest BCUT2D eigenvalue weighted by molar-refractivity contribution is 4.81. The van der Waals surface area contributed by atoms with Gasteiger partial charge in [-0.05, 0) is 64.6 Å². The van der Waals surface area contributed by atoms with Gasteiger partial charge in [0.15, 0.2) is 0 Å². The van der Waals surface area contributed by atoms with Gasteiger partial charge < -0.3 is 15.0 Å². The first-order valence-electron chi connectivity index (χ1n) is 7.42. The Balaban J connectivity index is 1.48. The second-order valence-electron chi connectivity index (χ2n) is 5.52. The van der Waals surface area contributed by atoms with E-state index in [-0.39, 0.29) is 0 Å². The third-order valence-electron chi connectivity index (χ3n) is 3.95. The number of nitrogens with zero attached hydrogens (tertiary/aromatic N) is 1. The largest absolute Gasteiger partial charge is 0.382 e. The van der Waals surface area contributed by atoms with Crippen LogP contribution in [0.3, 0.4) is 0 Å². The summed E-state index contributed by atoms with van der Waals surface area (Å²) in [6.07, 6.45) is 6.78. The quantitative estimate of drug-likeness (QED) is 0.656. The van der Waals surface area contributed by atoms with E-state index in [2.05, 4.69) is 17.1 Å². The first kappa shape index (κ1) is 13.3. The minimum Gasteiger partial charge on any atom is -0.382 e. The Morgan fingerprint density at radius 3 is 2.59 bits per heavy atom. The summed E-state index contributed by atoms with van der Waals surface area (Å²) in [6, 6.07) is 0.791. The molecule has 100 valence electrons. The van der Waals surface area contributed by atoms with Crippen molar-refractivity contribution >= 4 is 0 Å². The molecular weight excluding hydrogens is 212 g/mol. The van der Waals surface area contributed by atoms with Crippen LogP contribution in [0, 0.1) is 5.92 Å². The predicted octanol–water partition coefficient (Wildman–Crippen LogP) is 1.88. The van der Waals surface area contributed by atoms with Crippen LogP contribution in [-0.4, -0.2) is 50.3 Å². The number of piperidine rings is 1. The zero-order valence-electron chi connectivity index (χ0n) is 11.3. The fourth-order valence-electron chi connectivity index (χ4n) is 2.55. The molecule has 2 aliphatic rings. The molecule has 2 rings (SSSR count). The van der Waals surface area contributed by atoms with Gasteiger partial charge in [0.25, 0.3) is 0 Å². The standard InChI is InChI=1S/C14H28N2O/c1-2-17-11-3-8-16-9-6-14(7-10-16)15-12-13-4-5-13/h13-15H,2-12H2,1H3. The zero-order chi connectivity index (χ0) is 11.9. The van der Waals surface area contributed by atoms with Gasteiger partial charge in [0, 0.05) is 25.8 Å². The van der Waals surface area contributed by atoms with Crippen LogP contribution in [-0.2, 0) is 4.74 Å². The molecule has 2 fully saturated rings. The predicted molar refractivity (Wildman–Crippen MR) is 71.3 cm³/mol. The van der Waals surface area contributed by atoms with Crippen molar-refractivity contribution in [3.05, 3.63) is 0 Å². The van der Waals surface area contributed by atoms with Crippen molar-refractivity contribution in [3.63, 3.8) is 0 Å². The van der Waals surface area contributed by atoms with E-state index < -0.39 is 0 Å². The molecule has 0 aromatic heterocycles. The second-order valence-corrected chi connectivity index (χ2v) is 5.52. The Morgan fingerprint density at radius 1 is 1.18 bits per heavy atom. The monoisotopic (exact) mass is 240 g/mol. The fraction of sp³-hybridized carbons (Fsp3) is 1.00. The third-order valence-corrected chi connectivity index (χ3v) is 3.95. The highest BCUT2D eigenvalue weighted by atomic mass is 16.5. The van der Waals surface area contributed by atoms with Crippen LogP contribution >= 0.6 is 0 Å². The number of hydrogen-bond acceptors (Lipinski definition) is 3. The van der Waals surface area contributed by atoms with Gasteiger partial charge in [0.05, 0.1) is 0 Å². The Labute approximate surface area is 106 Å². The van der Waals surface area contributed by atoms with Crippen LogP contribution in [0.4, 0.5) is 0 Å². The van der Waals surface area contributed by atoms with E-state index in [4.69, 9.17) is 4.74 Å². The van der Waals surface area contributed by atoms with Crippen LogP contribution in [0.5, 0.6) is 0 Å². The van der Waals surface area contributed by atoms with E-state index >= 15 is 0 Å². The number of ether oxygens (including phenoxy) is 1. The molecule has 0 bridgehead atoms. The molecule has 0 radical (unpaired) electrons. The topological polar surface area (TPSA) is 24.5 Å². The van der Waals surface area contributed by atoms with Crippen LogP contribution in [0.15, 0.2) is 0 Å². The van der Waals surface area contributed by atoms with Gasteiger partial charge >= 0.3 is 0 Å². The summed E-state index contributed by atoms with van der Waals surface area (Å²) < 4.78 is 5.38. The van der Waals surface area contributed by atoms with Crippen LogP contribution < -0.4 is 5.32 Å². The molecule has 0 aromatic rings. The van der Waals surface area contributed by atoms with Crippen molar-refractivity contribution in [1.29, 1.82) is 0 Å². The number of rotatable bonds is 8. The summed E-state index contributed by atoms with van der Waals surface area (Å²) in [5.74, 6) is 1.01. The van der Waals surface area contributed by atoms with E-state index in [9.17, 15) is 0 Å². The van der Waals surface area contributed by atoms with E-state index in [0.717, 1.165) is 25.2 Å². The molecule has 1 N–H and O–H groups in total. The maximum atomic E-state index is 5.38. The van der Waals surface area contributed by atoms with Crippen molar-refractivity contribution < 1.29 is 4.74 Å². The molecule has 0 atom stereocenters. The van der Waals surface area contributed by atoms with Gasteiger partial charge in [-0.3, -0.25) is 0 Å². The normalized spacial score (nSPS) is 23.1. The summed E-state index contributed by atoms with van der Waals surface area (Å²) in [5.41, 5.74) is 0. The summed E-state index contributed by atoms with van der Waals surface area (Å²) in [5, 5.41) is 3.73. The van der Waals surface area contributed by atoms with Crippen molar-refractivity contribution in [2.75, 3.05) is 39.4 Å². The van der Waals surface area contributed by atoms with Crippen molar-refractivity contribution in [3.8, 4) is 0 Å². The number of hydrogen-bond donors (Lipinski definition) is 1. The molecule has 1 saturated carbocycles. The lowest BCUT2D eigenvalue weighted by Gasteiger charge is -2.32. The smallest absolute Gasteiger partial charge is 0.0478 e. The van der Waals surface area contributed by atoms with E-state index in [1.807, 2.05) is 0 Å². The molecule has 3 heteroatoms. The maximum absolute atomic E-state index is 5.38. The lowest BCUT2D eigenvalue weighted by molar-refractivity contribution is 0.123. The minimum absolute atomic E-state index is 0.791. The Morgan fingerprint density at radius 2 is 1.94 bits per heavy atom. The Hall–Kier alpha value is -0.120. The van der Waals surface area contributed by atoms with Crippen LogP contribution in [0.25, 0.3) is 0 Å². The van der Waals surface area contributed by atoms with E-state index in [1.165, 1.54) is 58.3 Å². The van der Waals surface area contributed by atoms with Gasteiger partial charge in [0.1, 0.15) is 0 Å². The van der Waals surface area contributed by atoms with Gasteiger partial charge in [-0.1, -0.05) is 0 Å². The Kier molecular flexibility index (Phi) is 5.75. The SMILES string of the molecule is CCOCCCN1CCC(NCC2CC2)CC1. The molecule has 0 unspecified atom stereocenters. The molecule has 1 aliphatic heterocycles. The van der Waals surface area contributed by atoms with Crippen LogP contribution in [0.2, 0.25) is 0 Å². The highest BCUT2D eigenvalue weighted by Crippen LogP contribution is 2.28. The molecule has 1 saturated heterocycles. The molecule has 17 heavy (non-hydrogen) atoms. The number of nitrogens with one attached hydrogen (secondary N) is 1. The van der Waals surface area contributed by atoms with Crippen molar-refractivity contribution in [1.82, 2.24) is 10.2 Å². The van der Waals surface area contributed by atoms with Crippen molar-refractivity contribution in [2.45, 2.75) is 45.1 Å². The van der Waals surface area contributed by atoms with Gasteiger partial charge in [0.2, 0.25) is 0 Å². The molecular formula is C14H28N2O. The highest BCUT2D eigenvalue weighted by Gasteiger charge is 2.24.